The molecule has 1 fully saturated rings. The lowest BCUT2D eigenvalue weighted by atomic mass is 9.79. The van der Waals surface area contributed by atoms with E-state index < -0.39 is 28.8 Å². The number of thiazole rings is 1. The Hall–Kier alpha value is -3.68. The molecule has 0 atom stereocenters. The maximum atomic E-state index is 13.4. The Morgan fingerprint density at radius 1 is 1.14 bits per heavy atom. The number of anilines is 2. The average molecular weight is 524 g/mol. The van der Waals surface area contributed by atoms with Crippen LogP contribution in [0.3, 0.4) is 0 Å². The summed E-state index contributed by atoms with van der Waals surface area (Å²) in [5, 5.41) is 11.0. The van der Waals surface area contributed by atoms with Gasteiger partial charge >= 0.3 is 12.1 Å². The minimum atomic E-state index is -5.74. The number of aromatic nitrogens is 4. The number of nitrogens with one attached hydrogen (secondary N) is 2. The first kappa shape index (κ1) is 24.0. The third kappa shape index (κ3) is 4.47. The molecule has 1 aliphatic rings. The summed E-state index contributed by atoms with van der Waals surface area (Å²) < 4.78 is 69.5. The molecule has 0 radical (unpaired) electrons. The number of aryl methyl sites for hydroxylation is 1. The number of alkyl halides is 5. The summed E-state index contributed by atoms with van der Waals surface area (Å²) in [7, 11) is 0. The van der Waals surface area contributed by atoms with Crippen molar-refractivity contribution in [2.24, 2.45) is 5.92 Å². The zero-order valence-electron chi connectivity index (χ0n) is 18.4. The number of hydrogen-bond acceptors (Lipinski definition) is 8. The Kier molecular flexibility index (Phi) is 5.85. The van der Waals surface area contributed by atoms with E-state index in [2.05, 4.69) is 30.7 Å². The van der Waals surface area contributed by atoms with Gasteiger partial charge in [0, 0.05) is 42.2 Å². The number of carbonyl (C=O) groups excluding carboxylic acids is 1. The molecule has 1 aromatic carbocycles. The van der Waals surface area contributed by atoms with E-state index in [4.69, 9.17) is 4.52 Å². The Bertz CT molecular complexity index is 1430. The van der Waals surface area contributed by atoms with E-state index in [-0.39, 0.29) is 22.5 Å². The number of carbonyl (C=O) groups is 1. The van der Waals surface area contributed by atoms with Crippen LogP contribution in [0.15, 0.2) is 41.2 Å². The molecule has 4 aromatic rings. The largest absolute Gasteiger partial charge is 0.459 e. The maximum Gasteiger partial charge on any atom is 0.459 e. The molecular formula is C22H17F5N6O2S. The number of pyridine rings is 1. The van der Waals surface area contributed by atoms with Gasteiger partial charge in [0.05, 0.1) is 0 Å². The molecule has 188 valence electrons. The number of halogens is 5. The second-order valence-electron chi connectivity index (χ2n) is 8.33. The normalized spacial score (nSPS) is 18.2. The van der Waals surface area contributed by atoms with E-state index in [0.29, 0.717) is 36.6 Å². The molecule has 3 aromatic heterocycles. The van der Waals surface area contributed by atoms with Gasteiger partial charge < -0.3 is 15.2 Å². The fourth-order valence-electron chi connectivity index (χ4n) is 3.81. The topological polar surface area (TPSA) is 106 Å². The molecule has 14 heteroatoms. The van der Waals surface area contributed by atoms with Crippen LogP contribution in [0.2, 0.25) is 0 Å². The molecule has 0 bridgehead atoms. The van der Waals surface area contributed by atoms with E-state index in [1.807, 2.05) is 24.3 Å². The molecule has 36 heavy (non-hydrogen) atoms. The van der Waals surface area contributed by atoms with E-state index >= 15 is 0 Å². The third-order valence-corrected chi connectivity index (χ3v) is 6.79. The molecule has 2 N–H and O–H groups in total. The lowest BCUT2D eigenvalue weighted by molar-refractivity contribution is -0.287. The van der Waals surface area contributed by atoms with Crippen LogP contribution in [0, 0.1) is 12.8 Å². The molecule has 1 aliphatic carbocycles. The molecule has 1 saturated carbocycles. The molecule has 0 saturated heterocycles. The van der Waals surface area contributed by atoms with Gasteiger partial charge in [-0.05, 0) is 30.4 Å². The van der Waals surface area contributed by atoms with Crippen LogP contribution in [-0.4, -0.2) is 38.2 Å². The van der Waals surface area contributed by atoms with Gasteiger partial charge in [0.15, 0.2) is 5.13 Å². The average Bonchev–Trinajstić information content (AvgIpc) is 3.44. The quantitative estimate of drug-likeness (QED) is 0.320. The zero-order valence-corrected chi connectivity index (χ0v) is 19.3. The van der Waals surface area contributed by atoms with Gasteiger partial charge in [0.2, 0.25) is 17.6 Å². The lowest BCUT2D eigenvalue weighted by Gasteiger charge is -2.35. The standard InChI is InChI=1S/C22H17F5N6O2S/c1-10-30-17(33-35-10)12-3-2-11-4-5-28-18(15(11)8-12)31-14-6-13(7-14)19(34)32-20-29-9-16(36-20)21(23,24)22(25,26)27/h2-5,8-9,13-14H,6-7H2,1H3,(H,28,31)(H,29,32,34). The summed E-state index contributed by atoms with van der Waals surface area (Å²) in [6.45, 7) is 1.69. The first-order chi connectivity index (χ1) is 17.0. The maximum absolute atomic E-state index is 13.4. The number of amides is 1. The van der Waals surface area contributed by atoms with E-state index in [9.17, 15) is 26.7 Å². The molecule has 0 aliphatic heterocycles. The van der Waals surface area contributed by atoms with Crippen molar-refractivity contribution in [2.75, 3.05) is 10.6 Å². The summed E-state index contributed by atoms with van der Waals surface area (Å²) in [6.07, 6.45) is -2.82. The molecule has 3 heterocycles. The van der Waals surface area contributed by atoms with Crippen molar-refractivity contribution in [3.8, 4) is 11.4 Å². The van der Waals surface area contributed by atoms with Gasteiger partial charge in [0.25, 0.3) is 0 Å². The van der Waals surface area contributed by atoms with Crippen molar-refractivity contribution >= 4 is 39.0 Å². The summed E-state index contributed by atoms with van der Waals surface area (Å²) in [5.74, 6) is -4.49. The Balaban J connectivity index is 1.22. The second-order valence-corrected chi connectivity index (χ2v) is 9.36. The molecule has 5 rings (SSSR count). The lowest BCUT2D eigenvalue weighted by Crippen LogP contribution is -2.42. The number of hydrogen-bond donors (Lipinski definition) is 2. The third-order valence-electron chi connectivity index (χ3n) is 5.80. The summed E-state index contributed by atoms with van der Waals surface area (Å²) in [6, 6.07) is 7.43. The Morgan fingerprint density at radius 2 is 1.92 bits per heavy atom. The minimum Gasteiger partial charge on any atom is -0.367 e. The van der Waals surface area contributed by atoms with Gasteiger partial charge in [-0.3, -0.25) is 4.79 Å². The fourth-order valence-corrected chi connectivity index (χ4v) is 4.62. The van der Waals surface area contributed by atoms with Crippen LogP contribution >= 0.6 is 11.3 Å². The summed E-state index contributed by atoms with van der Waals surface area (Å²) in [4.78, 5) is 23.3. The highest BCUT2D eigenvalue weighted by atomic mass is 32.1. The van der Waals surface area contributed by atoms with Crippen LogP contribution in [0.5, 0.6) is 0 Å². The number of rotatable bonds is 6. The zero-order chi connectivity index (χ0) is 25.7. The van der Waals surface area contributed by atoms with Crippen LogP contribution < -0.4 is 10.6 Å². The van der Waals surface area contributed by atoms with Gasteiger partial charge in [-0.1, -0.05) is 28.6 Å². The van der Waals surface area contributed by atoms with E-state index in [1.54, 1.807) is 13.1 Å². The molecular weight excluding hydrogens is 507 g/mol. The first-order valence-corrected chi connectivity index (χ1v) is 11.5. The molecule has 1 amide bonds. The van der Waals surface area contributed by atoms with Crippen molar-refractivity contribution in [3.63, 3.8) is 0 Å². The smallest absolute Gasteiger partial charge is 0.367 e. The second kappa shape index (κ2) is 8.76. The predicted molar refractivity (Wildman–Crippen MR) is 121 cm³/mol. The van der Waals surface area contributed by atoms with Gasteiger partial charge in [-0.25, -0.2) is 9.97 Å². The highest BCUT2D eigenvalue weighted by Gasteiger charge is 2.60. The fraction of sp³-hybridized carbons (Fsp3) is 0.318. The minimum absolute atomic E-state index is 0.0867. The summed E-state index contributed by atoms with van der Waals surface area (Å²) in [5.41, 5.74) is 0.750. The van der Waals surface area contributed by atoms with Gasteiger partial charge in [0.1, 0.15) is 10.7 Å². The molecule has 8 nitrogen and oxygen atoms in total. The highest BCUT2D eigenvalue weighted by molar-refractivity contribution is 7.15. The molecule has 0 spiro atoms. The van der Waals surface area contributed by atoms with Gasteiger partial charge in [-0.15, -0.1) is 0 Å². The number of fused-ring (bicyclic) bond motifs is 1. The van der Waals surface area contributed by atoms with Crippen molar-refractivity contribution in [2.45, 2.75) is 37.9 Å². The van der Waals surface area contributed by atoms with E-state index in [0.717, 1.165) is 16.3 Å². The number of nitrogens with zero attached hydrogens (tertiary/aromatic N) is 4. The van der Waals surface area contributed by atoms with Crippen molar-refractivity contribution in [1.29, 1.82) is 0 Å². The van der Waals surface area contributed by atoms with Crippen molar-refractivity contribution in [3.05, 3.63) is 47.4 Å². The Morgan fingerprint density at radius 3 is 2.61 bits per heavy atom. The van der Waals surface area contributed by atoms with Crippen molar-refractivity contribution < 1.29 is 31.3 Å². The first-order valence-electron chi connectivity index (χ1n) is 10.7. The van der Waals surface area contributed by atoms with Crippen LogP contribution in [0.1, 0.15) is 23.6 Å². The number of benzene rings is 1. The SMILES string of the molecule is Cc1nc(-c2ccc3ccnc(NC4CC(C(=O)Nc5ncc(C(F)(F)C(F)(F)F)s5)C4)c3c2)no1. The van der Waals surface area contributed by atoms with E-state index in [1.165, 1.54) is 0 Å². The van der Waals surface area contributed by atoms with Crippen LogP contribution in [-0.2, 0) is 10.7 Å². The van der Waals surface area contributed by atoms with Crippen molar-refractivity contribution in [1.82, 2.24) is 20.1 Å². The Labute approximate surface area is 203 Å². The van der Waals surface area contributed by atoms with Crippen LogP contribution in [0.25, 0.3) is 22.2 Å². The highest BCUT2D eigenvalue weighted by Crippen LogP contribution is 2.46. The van der Waals surface area contributed by atoms with Gasteiger partial charge in [-0.2, -0.15) is 26.9 Å². The molecule has 0 unspecified atom stereocenters. The summed E-state index contributed by atoms with van der Waals surface area (Å²) >= 11 is 0.0972. The monoisotopic (exact) mass is 524 g/mol. The van der Waals surface area contributed by atoms with Crippen LogP contribution in [0.4, 0.5) is 32.9 Å². The predicted octanol–water partition coefficient (Wildman–Crippen LogP) is 5.53.